The van der Waals surface area contributed by atoms with Crippen LogP contribution in [-0.2, 0) is 14.3 Å². The van der Waals surface area contributed by atoms with E-state index in [9.17, 15) is 9.59 Å². The van der Waals surface area contributed by atoms with Gasteiger partial charge in [0.2, 0.25) is 0 Å². The number of anilines is 1. The highest BCUT2D eigenvalue weighted by atomic mass is 16.5. The Morgan fingerprint density at radius 3 is 2.70 bits per heavy atom. The van der Waals surface area contributed by atoms with Crippen LogP contribution in [0.4, 0.5) is 5.69 Å². The summed E-state index contributed by atoms with van der Waals surface area (Å²) in [5.74, 6) is -0.709. The number of carbonyl (C=O) groups excluding carboxylic acids is 2. The van der Waals surface area contributed by atoms with Gasteiger partial charge < -0.3 is 20.1 Å². The Labute approximate surface area is 117 Å². The van der Waals surface area contributed by atoms with Gasteiger partial charge in [0.1, 0.15) is 0 Å². The van der Waals surface area contributed by atoms with Crippen LogP contribution in [0, 0.1) is 6.92 Å². The second-order valence-corrected chi connectivity index (χ2v) is 4.64. The molecule has 1 saturated heterocycles. The third-order valence-corrected chi connectivity index (χ3v) is 3.16. The first-order chi connectivity index (χ1) is 9.58. The number of ether oxygens (including phenoxy) is 2. The fraction of sp³-hybridized carbons (Fsp3) is 0.429. The maximum atomic E-state index is 11.9. The topological polar surface area (TPSA) is 81.9 Å². The van der Waals surface area contributed by atoms with Gasteiger partial charge in [-0.15, -0.1) is 0 Å². The van der Waals surface area contributed by atoms with Gasteiger partial charge in [-0.25, -0.2) is 4.79 Å². The molecule has 2 N–H and O–H groups in total. The van der Waals surface area contributed by atoms with Gasteiger partial charge >= 0.3 is 5.97 Å². The third-order valence-electron chi connectivity index (χ3n) is 3.16. The second kappa shape index (κ2) is 6.38. The summed E-state index contributed by atoms with van der Waals surface area (Å²) in [6.45, 7) is 3.65. The van der Waals surface area contributed by atoms with Gasteiger partial charge in [0.15, 0.2) is 6.61 Å². The van der Waals surface area contributed by atoms with Gasteiger partial charge in [0, 0.05) is 18.8 Å². The van der Waals surface area contributed by atoms with Crippen LogP contribution in [0.1, 0.15) is 15.9 Å². The summed E-state index contributed by atoms with van der Waals surface area (Å²) in [5, 5.41) is 0. The van der Waals surface area contributed by atoms with Crippen LogP contribution >= 0.6 is 0 Å². The molecular formula is C14H18N2O4. The van der Waals surface area contributed by atoms with Gasteiger partial charge in [-0.05, 0) is 30.7 Å². The molecule has 0 spiro atoms. The molecular weight excluding hydrogens is 260 g/mol. The van der Waals surface area contributed by atoms with Crippen molar-refractivity contribution < 1.29 is 19.1 Å². The number of benzene rings is 1. The quantitative estimate of drug-likeness (QED) is 0.646. The zero-order chi connectivity index (χ0) is 14.5. The molecule has 6 heteroatoms. The number of hydrogen-bond acceptors (Lipinski definition) is 5. The third kappa shape index (κ3) is 3.48. The van der Waals surface area contributed by atoms with Crippen molar-refractivity contribution in [3.8, 4) is 0 Å². The van der Waals surface area contributed by atoms with Crippen molar-refractivity contribution in [1.82, 2.24) is 4.90 Å². The van der Waals surface area contributed by atoms with E-state index in [0.717, 1.165) is 5.56 Å². The molecule has 0 aliphatic carbocycles. The number of nitrogens with zero attached hydrogens (tertiary/aromatic N) is 1. The smallest absolute Gasteiger partial charge is 0.338 e. The van der Waals surface area contributed by atoms with Gasteiger partial charge in [0.25, 0.3) is 5.91 Å². The Bertz CT molecular complexity index is 510. The highest BCUT2D eigenvalue weighted by Gasteiger charge is 2.19. The number of hydrogen-bond donors (Lipinski definition) is 1. The molecule has 0 aromatic heterocycles. The van der Waals surface area contributed by atoms with Crippen LogP contribution in [0.2, 0.25) is 0 Å². The number of rotatable bonds is 3. The lowest BCUT2D eigenvalue weighted by atomic mass is 10.1. The van der Waals surface area contributed by atoms with Crippen LogP contribution in [0.15, 0.2) is 18.2 Å². The average molecular weight is 278 g/mol. The molecule has 0 bridgehead atoms. The Balaban J connectivity index is 1.89. The second-order valence-electron chi connectivity index (χ2n) is 4.64. The van der Waals surface area contributed by atoms with E-state index in [0.29, 0.717) is 37.6 Å². The molecule has 1 aliphatic rings. The van der Waals surface area contributed by atoms with Gasteiger partial charge in [0.05, 0.1) is 18.8 Å². The summed E-state index contributed by atoms with van der Waals surface area (Å²) in [6.07, 6.45) is 0. The largest absolute Gasteiger partial charge is 0.452 e. The molecule has 1 heterocycles. The van der Waals surface area contributed by atoms with Crippen molar-refractivity contribution in [2.45, 2.75) is 6.92 Å². The predicted molar refractivity (Wildman–Crippen MR) is 73.3 cm³/mol. The van der Waals surface area contributed by atoms with Crippen molar-refractivity contribution >= 4 is 17.6 Å². The average Bonchev–Trinajstić information content (AvgIpc) is 2.45. The summed E-state index contributed by atoms with van der Waals surface area (Å²) in [4.78, 5) is 25.4. The number of nitrogens with two attached hydrogens (primary N) is 1. The van der Waals surface area contributed by atoms with Crippen LogP contribution in [0.5, 0.6) is 0 Å². The fourth-order valence-corrected chi connectivity index (χ4v) is 2.02. The lowest BCUT2D eigenvalue weighted by molar-refractivity contribution is -0.138. The SMILES string of the molecule is Cc1cc(N)ccc1C(=O)OCC(=O)N1CCOCC1. The Morgan fingerprint density at radius 2 is 2.05 bits per heavy atom. The summed E-state index contributed by atoms with van der Waals surface area (Å²) >= 11 is 0. The number of carbonyl (C=O) groups is 2. The van der Waals surface area contributed by atoms with E-state index >= 15 is 0 Å². The molecule has 1 aromatic rings. The summed E-state index contributed by atoms with van der Waals surface area (Å²) < 4.78 is 10.2. The first-order valence-corrected chi connectivity index (χ1v) is 6.46. The van der Waals surface area contributed by atoms with Crippen LogP contribution in [0.3, 0.4) is 0 Å². The van der Waals surface area contributed by atoms with Crippen molar-refractivity contribution in [3.63, 3.8) is 0 Å². The van der Waals surface area contributed by atoms with Crippen molar-refractivity contribution in [3.05, 3.63) is 29.3 Å². The number of esters is 1. The summed E-state index contributed by atoms with van der Waals surface area (Å²) in [7, 11) is 0. The molecule has 0 radical (unpaired) electrons. The van der Waals surface area contributed by atoms with E-state index in [-0.39, 0.29) is 12.5 Å². The molecule has 0 unspecified atom stereocenters. The molecule has 2 rings (SSSR count). The summed E-state index contributed by atoms with van der Waals surface area (Å²) in [6, 6.07) is 4.93. The Kier molecular flexibility index (Phi) is 4.57. The molecule has 1 amide bonds. The molecule has 108 valence electrons. The van der Waals surface area contributed by atoms with Crippen LogP contribution < -0.4 is 5.73 Å². The maximum Gasteiger partial charge on any atom is 0.338 e. The maximum absolute atomic E-state index is 11.9. The number of aryl methyl sites for hydroxylation is 1. The van der Waals surface area contributed by atoms with Gasteiger partial charge in [-0.2, -0.15) is 0 Å². The lowest BCUT2D eigenvalue weighted by Crippen LogP contribution is -2.42. The summed E-state index contributed by atoms with van der Waals surface area (Å²) in [5.41, 5.74) is 7.36. The predicted octanol–water partition coefficient (Wildman–Crippen LogP) is 0.593. The Morgan fingerprint density at radius 1 is 1.35 bits per heavy atom. The van der Waals surface area contributed by atoms with Crippen molar-refractivity contribution in [2.24, 2.45) is 0 Å². The van der Waals surface area contributed by atoms with Crippen LogP contribution in [-0.4, -0.2) is 49.7 Å². The highest BCUT2D eigenvalue weighted by molar-refractivity contribution is 5.93. The molecule has 1 aromatic carbocycles. The molecule has 20 heavy (non-hydrogen) atoms. The van der Waals surface area contributed by atoms with E-state index < -0.39 is 5.97 Å². The standard InChI is InChI=1S/C14H18N2O4/c1-10-8-11(15)2-3-12(10)14(18)20-9-13(17)16-4-6-19-7-5-16/h2-3,8H,4-7,9,15H2,1H3. The van der Waals surface area contributed by atoms with E-state index in [1.165, 1.54) is 0 Å². The van der Waals surface area contributed by atoms with E-state index in [1.54, 1.807) is 30.0 Å². The fourth-order valence-electron chi connectivity index (χ4n) is 2.02. The zero-order valence-electron chi connectivity index (χ0n) is 11.4. The minimum atomic E-state index is -0.510. The number of nitrogen functional groups attached to an aromatic ring is 1. The molecule has 1 aliphatic heterocycles. The molecule has 6 nitrogen and oxygen atoms in total. The van der Waals surface area contributed by atoms with E-state index in [2.05, 4.69) is 0 Å². The van der Waals surface area contributed by atoms with E-state index in [1.807, 2.05) is 0 Å². The zero-order valence-corrected chi connectivity index (χ0v) is 11.4. The first kappa shape index (κ1) is 14.3. The first-order valence-electron chi connectivity index (χ1n) is 6.46. The minimum Gasteiger partial charge on any atom is -0.452 e. The van der Waals surface area contributed by atoms with Gasteiger partial charge in [-0.3, -0.25) is 4.79 Å². The normalized spacial score (nSPS) is 14.9. The monoisotopic (exact) mass is 278 g/mol. The molecule has 0 saturated carbocycles. The van der Waals surface area contributed by atoms with Crippen molar-refractivity contribution in [2.75, 3.05) is 38.6 Å². The molecule has 1 fully saturated rings. The number of morpholine rings is 1. The molecule has 0 atom stereocenters. The van der Waals surface area contributed by atoms with Crippen LogP contribution in [0.25, 0.3) is 0 Å². The lowest BCUT2D eigenvalue weighted by Gasteiger charge is -2.26. The van der Waals surface area contributed by atoms with Gasteiger partial charge in [-0.1, -0.05) is 0 Å². The minimum absolute atomic E-state index is 0.199. The van der Waals surface area contributed by atoms with E-state index in [4.69, 9.17) is 15.2 Å². The Hall–Kier alpha value is -2.08. The number of amides is 1. The van der Waals surface area contributed by atoms with Crippen molar-refractivity contribution in [1.29, 1.82) is 0 Å². The highest BCUT2D eigenvalue weighted by Crippen LogP contribution is 2.13.